The van der Waals surface area contributed by atoms with Crippen molar-refractivity contribution >= 4 is 37.9 Å². The highest BCUT2D eigenvalue weighted by molar-refractivity contribution is 6.64. The summed E-state index contributed by atoms with van der Waals surface area (Å²) in [5.41, 5.74) is 5.64. The van der Waals surface area contributed by atoms with Gasteiger partial charge in [-0.1, -0.05) is 0 Å². The van der Waals surface area contributed by atoms with Gasteiger partial charge in [-0.15, -0.1) is 12.4 Å². The van der Waals surface area contributed by atoms with Crippen molar-refractivity contribution in [3.8, 4) is 0 Å². The zero-order valence-electron chi connectivity index (χ0n) is 16.0. The average molecular weight is 414 g/mol. The quantitative estimate of drug-likeness (QED) is 0.298. The van der Waals surface area contributed by atoms with Crippen LogP contribution in [0.15, 0.2) is 0 Å². The minimum absolute atomic E-state index is 0. The maximum Gasteiger partial charge on any atom is 0.320 e. The second kappa shape index (κ2) is 10.1. The number of halogens is 1. The molecule has 0 aromatic rings. The van der Waals surface area contributed by atoms with Crippen molar-refractivity contribution in [3.63, 3.8) is 0 Å². The topological polar surface area (TPSA) is 130 Å². The Morgan fingerprint density at radius 1 is 0.857 bits per heavy atom. The molecule has 4 saturated carbocycles. The minimum Gasteiger partial charge on any atom is -0.480 e. The second-order valence-corrected chi connectivity index (χ2v) is 8.65. The average Bonchev–Trinajstić information content (AvgIpc) is 3.49. The van der Waals surface area contributed by atoms with Crippen molar-refractivity contribution in [3.05, 3.63) is 0 Å². The fourth-order valence-electron chi connectivity index (χ4n) is 4.48. The number of carbonyl (C=O) groups excluding carboxylic acids is 1. The van der Waals surface area contributed by atoms with E-state index in [1.807, 2.05) is 0 Å². The van der Waals surface area contributed by atoms with Crippen LogP contribution in [0.25, 0.3) is 0 Å². The molecule has 157 valence electrons. The number of nitrogens with one attached hydrogen (secondary N) is 1. The molecule has 28 heavy (non-hydrogen) atoms. The first-order valence-electron chi connectivity index (χ1n) is 10.2. The van der Waals surface area contributed by atoms with E-state index in [4.69, 9.17) is 15.9 Å². The van der Waals surface area contributed by atoms with Crippen molar-refractivity contribution in [2.24, 2.45) is 41.2 Å². The van der Waals surface area contributed by atoms with Gasteiger partial charge in [-0.2, -0.15) is 0 Å². The number of carboxylic acid groups (broad SMARTS) is 2. The highest BCUT2D eigenvalue weighted by Crippen LogP contribution is 2.51. The third-order valence-electron chi connectivity index (χ3n) is 6.36. The van der Waals surface area contributed by atoms with Crippen LogP contribution >= 0.6 is 12.4 Å². The lowest BCUT2D eigenvalue weighted by Crippen LogP contribution is -2.46. The molecule has 0 saturated heterocycles. The van der Waals surface area contributed by atoms with E-state index in [0.29, 0.717) is 29.9 Å². The zero-order valence-corrected chi connectivity index (χ0v) is 16.9. The van der Waals surface area contributed by atoms with Gasteiger partial charge in [0.25, 0.3) is 7.41 Å². The van der Waals surface area contributed by atoms with Crippen LogP contribution in [0.1, 0.15) is 51.4 Å². The van der Waals surface area contributed by atoms with E-state index in [9.17, 15) is 14.4 Å². The predicted octanol–water partition coefficient (Wildman–Crippen LogP) is 1.53. The summed E-state index contributed by atoms with van der Waals surface area (Å²) in [7, 11) is 1.20. The largest absolute Gasteiger partial charge is 0.480 e. The fourth-order valence-corrected chi connectivity index (χ4v) is 4.48. The van der Waals surface area contributed by atoms with Crippen LogP contribution in [0.2, 0.25) is 0 Å². The maximum atomic E-state index is 11.1. The third-order valence-corrected chi connectivity index (χ3v) is 6.36. The summed E-state index contributed by atoms with van der Waals surface area (Å²) in [6.45, 7) is 0. The Morgan fingerprint density at radius 3 is 1.54 bits per heavy atom. The number of nitrogens with two attached hydrogens (primary N) is 1. The molecule has 2 atom stereocenters. The molecule has 4 rings (SSSR count). The molecule has 0 bridgehead atoms. The van der Waals surface area contributed by atoms with E-state index in [0.717, 1.165) is 25.7 Å². The van der Waals surface area contributed by atoms with Crippen molar-refractivity contribution < 1.29 is 24.6 Å². The molecule has 0 spiro atoms. The summed E-state index contributed by atoms with van der Waals surface area (Å²) in [4.78, 5) is 32.0. The number of rotatable bonds is 11. The molecule has 5 N–H and O–H groups in total. The van der Waals surface area contributed by atoms with Crippen LogP contribution in [0.4, 0.5) is 0 Å². The van der Waals surface area contributed by atoms with Crippen LogP contribution in [0.3, 0.4) is 0 Å². The lowest BCUT2D eigenvalue weighted by molar-refractivity contribution is -0.141. The molecule has 4 aliphatic carbocycles. The Hall–Kier alpha value is -1.12. The van der Waals surface area contributed by atoms with E-state index in [1.165, 1.54) is 33.1 Å². The van der Waals surface area contributed by atoms with E-state index in [1.54, 1.807) is 0 Å². The summed E-state index contributed by atoms with van der Waals surface area (Å²) in [5, 5.41) is 20.6. The van der Waals surface area contributed by atoms with Gasteiger partial charge in [-0.3, -0.25) is 9.59 Å². The highest BCUT2D eigenvalue weighted by Gasteiger charge is 2.48. The number of hydrogen-bond donors (Lipinski definition) is 4. The third kappa shape index (κ3) is 6.46. The second-order valence-electron chi connectivity index (χ2n) is 8.65. The molecule has 7 nitrogen and oxygen atoms in total. The van der Waals surface area contributed by atoms with Crippen molar-refractivity contribution in [1.82, 2.24) is 5.23 Å². The summed E-state index contributed by atoms with van der Waals surface area (Å²) < 4.78 is 0. The first-order chi connectivity index (χ1) is 12.9. The van der Waals surface area contributed by atoms with E-state index >= 15 is 0 Å². The highest BCUT2D eigenvalue weighted by atomic mass is 35.5. The molecule has 0 aliphatic heterocycles. The Morgan fingerprint density at radius 2 is 1.25 bits per heavy atom. The lowest BCUT2D eigenvalue weighted by Gasteiger charge is -2.24. The molecular weight excluding hydrogens is 382 g/mol. The Bertz CT molecular complexity index is 541. The van der Waals surface area contributed by atoms with Crippen molar-refractivity contribution in [1.29, 1.82) is 0 Å². The van der Waals surface area contributed by atoms with Gasteiger partial charge in [0.2, 0.25) is 0 Å². The van der Waals surface area contributed by atoms with Gasteiger partial charge >= 0.3 is 11.9 Å². The number of aliphatic carboxylic acids is 2. The molecule has 0 heterocycles. The van der Waals surface area contributed by atoms with Gasteiger partial charge in [0, 0.05) is 0 Å². The van der Waals surface area contributed by atoms with Crippen molar-refractivity contribution in [2.75, 3.05) is 0 Å². The van der Waals surface area contributed by atoms with Gasteiger partial charge in [0.1, 0.15) is 6.04 Å². The number of carboxylic acids is 2. The van der Waals surface area contributed by atoms with E-state index in [-0.39, 0.29) is 24.2 Å². The van der Waals surface area contributed by atoms with Gasteiger partial charge in [-0.25, -0.2) is 0 Å². The number of carbonyl (C=O) groups is 3. The Balaban J connectivity index is 0.000000198. The monoisotopic (exact) mass is 413 g/mol. The zero-order chi connectivity index (χ0) is 19.6. The standard InChI is InChI=1S/C10H15BNO3.C9H15NO2.ClH/c13-5-11-12-9(10(14)15)8(6-1-2-6)7-3-4-7;10-8(9(11)12)7(5-1-2-5)6-3-4-6;/h5-9,12H,1-4H2,(H,14,15);5-8H,1-4,10H2,(H,11,12);1H/t9-;8-;/m00./s1. The molecule has 0 unspecified atom stereocenters. The van der Waals surface area contributed by atoms with Crippen LogP contribution in [-0.4, -0.2) is 47.8 Å². The summed E-state index contributed by atoms with van der Waals surface area (Å²) in [6.07, 6.45) is 9.98. The summed E-state index contributed by atoms with van der Waals surface area (Å²) in [5.74, 6) is 1.22. The maximum absolute atomic E-state index is 11.1. The number of hydrogen-bond acceptors (Lipinski definition) is 5. The van der Waals surface area contributed by atoms with Crippen LogP contribution in [0, 0.1) is 35.5 Å². The normalized spacial score (nSPS) is 23.1. The minimum atomic E-state index is -0.836. The molecule has 9 heteroatoms. The smallest absolute Gasteiger partial charge is 0.320 e. The first kappa shape index (κ1) is 23.2. The summed E-state index contributed by atoms with van der Waals surface area (Å²) in [6, 6.07) is -1.18. The van der Waals surface area contributed by atoms with Crippen LogP contribution in [0.5, 0.6) is 0 Å². The molecule has 0 aromatic heterocycles. The molecule has 4 aliphatic rings. The van der Waals surface area contributed by atoms with Gasteiger partial charge in [0.15, 0.2) is 0 Å². The first-order valence-corrected chi connectivity index (χ1v) is 10.2. The van der Waals surface area contributed by atoms with Crippen molar-refractivity contribution in [2.45, 2.75) is 63.5 Å². The van der Waals surface area contributed by atoms with Gasteiger partial charge in [-0.05, 0) is 86.9 Å². The lowest BCUT2D eigenvalue weighted by atomic mass is 9.85. The Labute approximate surface area is 172 Å². The fraction of sp³-hybridized carbons (Fsp3) is 0.842. The predicted molar refractivity (Wildman–Crippen MR) is 108 cm³/mol. The molecule has 4 fully saturated rings. The molecule has 0 amide bonds. The van der Waals surface area contributed by atoms with Gasteiger partial charge < -0.3 is 26.0 Å². The summed E-state index contributed by atoms with van der Waals surface area (Å²) >= 11 is 0. The van der Waals surface area contributed by atoms with Crippen LogP contribution in [-0.2, 0) is 14.4 Å². The molecule has 0 aromatic carbocycles. The molecular formula is C19H31BClN2O5. The van der Waals surface area contributed by atoms with Crippen LogP contribution < -0.4 is 11.0 Å². The SMILES string of the molecule is Cl.N[C@H](C(=O)O)C(C1CC1)C1CC1.O=C[B]N[C@H](C(=O)O)C(C1CC1)C1CC1. The Kier molecular flexibility index (Phi) is 8.34. The van der Waals surface area contributed by atoms with Gasteiger partial charge in [0.05, 0.1) is 12.2 Å². The van der Waals surface area contributed by atoms with E-state index < -0.39 is 24.0 Å². The van der Waals surface area contributed by atoms with E-state index in [2.05, 4.69) is 5.23 Å². The molecule has 1 radical (unpaired) electrons.